The molecule has 0 heterocycles. The van der Waals surface area contributed by atoms with Crippen LogP contribution in [-0.2, 0) is 4.74 Å². The summed E-state index contributed by atoms with van der Waals surface area (Å²) in [6, 6.07) is 0. The number of thiocarbonyl (C=S) groups is 1. The average molecular weight is 273 g/mol. The Bertz CT molecular complexity index is 229. The summed E-state index contributed by atoms with van der Waals surface area (Å²) in [6.45, 7) is 9.43. The van der Waals surface area contributed by atoms with Gasteiger partial charge in [0.1, 0.15) is 0 Å². The summed E-state index contributed by atoms with van der Waals surface area (Å²) in [7, 11) is 0. The molecular formula is C15H31NOS. The second-order valence-corrected chi connectivity index (χ2v) is 6.32. The monoisotopic (exact) mass is 273 g/mol. The lowest BCUT2D eigenvalue weighted by molar-refractivity contribution is 0.0534. The molecule has 0 saturated heterocycles. The highest BCUT2D eigenvalue weighted by Crippen LogP contribution is 2.22. The lowest BCUT2D eigenvalue weighted by atomic mass is 9.88. The molecule has 0 fully saturated rings. The molecule has 0 bridgehead atoms. The molecule has 0 aromatic rings. The molecule has 0 aromatic carbocycles. The van der Waals surface area contributed by atoms with Crippen LogP contribution in [0.25, 0.3) is 0 Å². The molecule has 0 aliphatic heterocycles. The average Bonchev–Trinajstić information content (AvgIpc) is 2.30. The second-order valence-electron chi connectivity index (χ2n) is 5.88. The van der Waals surface area contributed by atoms with E-state index in [-0.39, 0.29) is 5.41 Å². The molecule has 0 amide bonds. The third kappa shape index (κ3) is 8.87. The lowest BCUT2D eigenvalue weighted by Gasteiger charge is -2.23. The standard InChI is InChI=1S/C15H31NOS/c1-5-6-7-8-10-13(2)17-12-9-11-15(3,4)14(16)18/h13H,5-12H2,1-4H3,(H2,16,18). The highest BCUT2D eigenvalue weighted by molar-refractivity contribution is 7.80. The molecule has 0 saturated carbocycles. The van der Waals surface area contributed by atoms with Gasteiger partial charge >= 0.3 is 0 Å². The molecule has 3 heteroatoms. The maximum Gasteiger partial charge on any atom is 0.0784 e. The summed E-state index contributed by atoms with van der Waals surface area (Å²) in [5, 5.41) is 0. The molecule has 1 atom stereocenters. The Kier molecular flexibility index (Phi) is 9.66. The van der Waals surface area contributed by atoms with E-state index in [4.69, 9.17) is 22.7 Å². The van der Waals surface area contributed by atoms with Crippen molar-refractivity contribution in [2.24, 2.45) is 11.1 Å². The Morgan fingerprint density at radius 1 is 1.22 bits per heavy atom. The summed E-state index contributed by atoms with van der Waals surface area (Å²) in [5.74, 6) is 0. The van der Waals surface area contributed by atoms with E-state index >= 15 is 0 Å². The Balaban J connectivity index is 3.51. The van der Waals surface area contributed by atoms with Crippen molar-refractivity contribution in [1.82, 2.24) is 0 Å². The molecule has 0 rings (SSSR count). The van der Waals surface area contributed by atoms with Crippen LogP contribution < -0.4 is 5.73 Å². The first-order valence-electron chi connectivity index (χ1n) is 7.31. The maximum absolute atomic E-state index is 5.81. The van der Waals surface area contributed by atoms with Gasteiger partial charge in [-0.25, -0.2) is 0 Å². The quantitative estimate of drug-likeness (QED) is 0.446. The number of hydrogen-bond donors (Lipinski definition) is 1. The van der Waals surface area contributed by atoms with Crippen LogP contribution >= 0.6 is 12.2 Å². The van der Waals surface area contributed by atoms with E-state index in [1.165, 1.54) is 32.1 Å². The Hall–Kier alpha value is -0.150. The molecule has 0 aliphatic carbocycles. The summed E-state index contributed by atoms with van der Waals surface area (Å²) < 4.78 is 5.81. The first-order valence-corrected chi connectivity index (χ1v) is 7.72. The van der Waals surface area contributed by atoms with Crippen LogP contribution in [-0.4, -0.2) is 17.7 Å². The largest absolute Gasteiger partial charge is 0.393 e. The zero-order chi connectivity index (χ0) is 14.0. The Morgan fingerprint density at radius 3 is 2.44 bits per heavy atom. The van der Waals surface area contributed by atoms with Crippen LogP contribution in [0.1, 0.15) is 72.6 Å². The first kappa shape index (κ1) is 17.8. The van der Waals surface area contributed by atoms with Gasteiger partial charge in [-0.15, -0.1) is 0 Å². The van der Waals surface area contributed by atoms with Gasteiger partial charge in [0, 0.05) is 12.0 Å². The van der Waals surface area contributed by atoms with Gasteiger partial charge in [-0.1, -0.05) is 58.7 Å². The van der Waals surface area contributed by atoms with E-state index in [1.54, 1.807) is 0 Å². The second kappa shape index (κ2) is 9.74. The molecule has 2 N–H and O–H groups in total. The zero-order valence-electron chi connectivity index (χ0n) is 12.6. The fraction of sp³-hybridized carbons (Fsp3) is 0.933. The van der Waals surface area contributed by atoms with Crippen molar-refractivity contribution in [1.29, 1.82) is 0 Å². The number of nitrogens with two attached hydrogens (primary N) is 1. The molecule has 0 spiro atoms. The third-order valence-electron chi connectivity index (χ3n) is 3.48. The van der Waals surface area contributed by atoms with E-state index in [2.05, 4.69) is 27.7 Å². The summed E-state index contributed by atoms with van der Waals surface area (Å²) in [4.78, 5) is 0.607. The van der Waals surface area contributed by atoms with Crippen molar-refractivity contribution in [3.05, 3.63) is 0 Å². The minimum atomic E-state index is -0.0386. The van der Waals surface area contributed by atoms with E-state index < -0.39 is 0 Å². The van der Waals surface area contributed by atoms with Gasteiger partial charge < -0.3 is 10.5 Å². The van der Waals surface area contributed by atoms with Crippen LogP contribution in [0.4, 0.5) is 0 Å². The number of hydrogen-bond acceptors (Lipinski definition) is 2. The lowest BCUT2D eigenvalue weighted by Crippen LogP contribution is -2.30. The Morgan fingerprint density at radius 2 is 1.89 bits per heavy atom. The van der Waals surface area contributed by atoms with Crippen molar-refractivity contribution in [3.63, 3.8) is 0 Å². The number of rotatable bonds is 11. The highest BCUT2D eigenvalue weighted by Gasteiger charge is 2.20. The zero-order valence-corrected chi connectivity index (χ0v) is 13.4. The maximum atomic E-state index is 5.81. The van der Waals surface area contributed by atoms with Crippen molar-refractivity contribution in [2.45, 2.75) is 78.7 Å². The first-order chi connectivity index (χ1) is 8.40. The van der Waals surface area contributed by atoms with Gasteiger partial charge in [0.25, 0.3) is 0 Å². The van der Waals surface area contributed by atoms with Gasteiger partial charge in [0.2, 0.25) is 0 Å². The summed E-state index contributed by atoms with van der Waals surface area (Å²) >= 11 is 5.05. The summed E-state index contributed by atoms with van der Waals surface area (Å²) in [6.07, 6.45) is 8.85. The molecular weight excluding hydrogens is 242 g/mol. The molecule has 2 nitrogen and oxygen atoms in total. The van der Waals surface area contributed by atoms with Gasteiger partial charge in [-0.2, -0.15) is 0 Å². The SMILES string of the molecule is CCCCCCC(C)OCCCC(C)(C)C(N)=S. The molecule has 0 aliphatic rings. The van der Waals surface area contributed by atoms with Crippen molar-refractivity contribution in [2.75, 3.05) is 6.61 Å². The fourth-order valence-corrected chi connectivity index (χ4v) is 1.97. The van der Waals surface area contributed by atoms with Gasteiger partial charge in [0.05, 0.1) is 11.1 Å². The molecule has 0 aromatic heterocycles. The van der Waals surface area contributed by atoms with Crippen LogP contribution in [0.15, 0.2) is 0 Å². The predicted molar refractivity (Wildman–Crippen MR) is 84.0 cm³/mol. The van der Waals surface area contributed by atoms with Crippen LogP contribution in [0.2, 0.25) is 0 Å². The van der Waals surface area contributed by atoms with E-state index in [0.717, 1.165) is 19.4 Å². The van der Waals surface area contributed by atoms with Gasteiger partial charge in [-0.3, -0.25) is 0 Å². The fourth-order valence-electron chi connectivity index (χ4n) is 1.86. The molecule has 1 unspecified atom stereocenters. The summed E-state index contributed by atoms with van der Waals surface area (Å²) in [5.41, 5.74) is 5.66. The molecule has 108 valence electrons. The highest BCUT2D eigenvalue weighted by atomic mass is 32.1. The molecule has 0 radical (unpaired) electrons. The van der Waals surface area contributed by atoms with Gasteiger partial charge in [0.15, 0.2) is 0 Å². The van der Waals surface area contributed by atoms with Crippen LogP contribution in [0.3, 0.4) is 0 Å². The van der Waals surface area contributed by atoms with Crippen molar-refractivity contribution < 1.29 is 4.74 Å². The number of ether oxygens (including phenoxy) is 1. The third-order valence-corrected chi connectivity index (χ3v) is 4.03. The van der Waals surface area contributed by atoms with E-state index in [1.807, 2.05) is 0 Å². The van der Waals surface area contributed by atoms with Crippen LogP contribution in [0.5, 0.6) is 0 Å². The number of unbranched alkanes of at least 4 members (excludes halogenated alkanes) is 3. The predicted octanol–water partition coefficient (Wildman–Crippen LogP) is 4.45. The minimum Gasteiger partial charge on any atom is -0.393 e. The normalized spacial score (nSPS) is 13.6. The molecule has 18 heavy (non-hydrogen) atoms. The van der Waals surface area contributed by atoms with Crippen molar-refractivity contribution >= 4 is 17.2 Å². The smallest absolute Gasteiger partial charge is 0.0784 e. The topological polar surface area (TPSA) is 35.2 Å². The van der Waals surface area contributed by atoms with E-state index in [0.29, 0.717) is 11.1 Å². The van der Waals surface area contributed by atoms with Gasteiger partial charge in [-0.05, 0) is 26.2 Å². The van der Waals surface area contributed by atoms with Crippen LogP contribution in [0, 0.1) is 5.41 Å². The van der Waals surface area contributed by atoms with E-state index in [9.17, 15) is 0 Å². The van der Waals surface area contributed by atoms with Crippen molar-refractivity contribution in [3.8, 4) is 0 Å². The Labute approximate surface area is 119 Å². The minimum absolute atomic E-state index is 0.0386.